The molecule has 1 aromatic rings. The summed E-state index contributed by atoms with van der Waals surface area (Å²) in [6.07, 6.45) is 0.560. The Kier molecular flexibility index (Phi) is 3.69. The van der Waals surface area contributed by atoms with E-state index in [4.69, 9.17) is 11.6 Å². The maximum atomic E-state index is 11.9. The van der Waals surface area contributed by atoms with E-state index >= 15 is 0 Å². The standard InChI is InChI=1S/C13H17ClN2O/c1-9(2)15-11-7-13(17)16(8-11)12-5-3-4-10(14)6-12/h3-6,9,11,15H,7-8H2,1-2H3. The van der Waals surface area contributed by atoms with Gasteiger partial charge in [0.15, 0.2) is 0 Å². The number of carbonyl (C=O) groups is 1. The Morgan fingerprint density at radius 2 is 2.24 bits per heavy atom. The molecule has 1 aliphatic rings. The normalized spacial score (nSPS) is 20.4. The minimum absolute atomic E-state index is 0.158. The van der Waals surface area contributed by atoms with Crippen LogP contribution in [0, 0.1) is 0 Å². The number of nitrogens with one attached hydrogen (secondary N) is 1. The van der Waals surface area contributed by atoms with E-state index in [0.29, 0.717) is 17.5 Å². The van der Waals surface area contributed by atoms with Gasteiger partial charge in [-0.1, -0.05) is 31.5 Å². The quantitative estimate of drug-likeness (QED) is 0.896. The molecule has 92 valence electrons. The molecule has 0 aromatic heterocycles. The lowest BCUT2D eigenvalue weighted by Gasteiger charge is -2.18. The zero-order chi connectivity index (χ0) is 12.4. The van der Waals surface area contributed by atoms with Crippen molar-refractivity contribution >= 4 is 23.2 Å². The third kappa shape index (κ3) is 2.99. The lowest BCUT2D eigenvalue weighted by atomic mass is 10.2. The van der Waals surface area contributed by atoms with Crippen molar-refractivity contribution in [3.8, 4) is 0 Å². The summed E-state index contributed by atoms with van der Waals surface area (Å²) in [4.78, 5) is 13.7. The van der Waals surface area contributed by atoms with E-state index in [1.165, 1.54) is 0 Å². The first kappa shape index (κ1) is 12.4. The summed E-state index contributed by atoms with van der Waals surface area (Å²) >= 11 is 5.94. The van der Waals surface area contributed by atoms with Crippen LogP contribution in [0.2, 0.25) is 5.02 Å². The summed E-state index contributed by atoms with van der Waals surface area (Å²) in [6.45, 7) is 4.90. The third-order valence-electron chi connectivity index (χ3n) is 2.81. The second-order valence-corrected chi connectivity index (χ2v) is 5.14. The molecule has 1 N–H and O–H groups in total. The molecule has 4 heteroatoms. The molecule has 1 atom stereocenters. The number of rotatable bonds is 3. The average Bonchev–Trinajstić information content (AvgIpc) is 2.58. The summed E-state index contributed by atoms with van der Waals surface area (Å²) in [6, 6.07) is 8.07. The maximum Gasteiger partial charge on any atom is 0.228 e. The first-order valence-electron chi connectivity index (χ1n) is 5.88. The van der Waals surface area contributed by atoms with Crippen LogP contribution >= 0.6 is 11.6 Å². The van der Waals surface area contributed by atoms with Gasteiger partial charge < -0.3 is 10.2 Å². The molecule has 1 heterocycles. The van der Waals surface area contributed by atoms with E-state index in [-0.39, 0.29) is 11.9 Å². The van der Waals surface area contributed by atoms with E-state index in [1.54, 1.807) is 4.90 Å². The fourth-order valence-electron chi connectivity index (χ4n) is 2.18. The van der Waals surface area contributed by atoms with Gasteiger partial charge in [0.2, 0.25) is 5.91 Å². The van der Waals surface area contributed by atoms with Gasteiger partial charge >= 0.3 is 0 Å². The fraction of sp³-hybridized carbons (Fsp3) is 0.462. The van der Waals surface area contributed by atoms with E-state index in [9.17, 15) is 4.79 Å². The number of benzene rings is 1. The molecule has 2 rings (SSSR count). The third-order valence-corrected chi connectivity index (χ3v) is 3.05. The second-order valence-electron chi connectivity index (χ2n) is 4.71. The SMILES string of the molecule is CC(C)NC1CC(=O)N(c2cccc(Cl)c2)C1. The number of hydrogen-bond acceptors (Lipinski definition) is 2. The van der Waals surface area contributed by atoms with E-state index in [0.717, 1.165) is 12.2 Å². The highest BCUT2D eigenvalue weighted by Gasteiger charge is 2.30. The van der Waals surface area contributed by atoms with Gasteiger partial charge in [-0.25, -0.2) is 0 Å². The van der Waals surface area contributed by atoms with Gasteiger partial charge in [0, 0.05) is 35.8 Å². The van der Waals surface area contributed by atoms with Crippen LogP contribution in [0.1, 0.15) is 20.3 Å². The predicted molar refractivity (Wildman–Crippen MR) is 70.5 cm³/mol. The molecular weight excluding hydrogens is 236 g/mol. The summed E-state index contributed by atoms with van der Waals surface area (Å²) in [5, 5.41) is 4.05. The fourth-order valence-corrected chi connectivity index (χ4v) is 2.37. The van der Waals surface area contributed by atoms with Crippen molar-refractivity contribution in [2.24, 2.45) is 0 Å². The second kappa shape index (κ2) is 5.07. The molecule has 0 spiro atoms. The minimum atomic E-state index is 0.158. The van der Waals surface area contributed by atoms with Crippen molar-refractivity contribution in [1.82, 2.24) is 5.32 Å². The first-order valence-corrected chi connectivity index (χ1v) is 6.26. The molecule has 1 amide bonds. The van der Waals surface area contributed by atoms with Gasteiger partial charge in [0.1, 0.15) is 0 Å². The number of carbonyl (C=O) groups excluding carboxylic acids is 1. The minimum Gasteiger partial charge on any atom is -0.311 e. The van der Waals surface area contributed by atoms with Gasteiger partial charge in [-0.2, -0.15) is 0 Å². The largest absolute Gasteiger partial charge is 0.311 e. The summed E-state index contributed by atoms with van der Waals surface area (Å²) < 4.78 is 0. The van der Waals surface area contributed by atoms with Crippen molar-refractivity contribution in [2.75, 3.05) is 11.4 Å². The van der Waals surface area contributed by atoms with Crippen LogP contribution in [-0.2, 0) is 4.79 Å². The molecule has 1 unspecified atom stereocenters. The highest BCUT2D eigenvalue weighted by atomic mass is 35.5. The summed E-state index contributed by atoms with van der Waals surface area (Å²) in [7, 11) is 0. The van der Waals surface area contributed by atoms with Gasteiger partial charge in [-0.05, 0) is 18.2 Å². The maximum absolute atomic E-state index is 11.9. The molecule has 1 fully saturated rings. The zero-order valence-electron chi connectivity index (χ0n) is 10.1. The van der Waals surface area contributed by atoms with Gasteiger partial charge in [-0.15, -0.1) is 0 Å². The Labute approximate surface area is 107 Å². The Bertz CT molecular complexity index is 420. The Morgan fingerprint density at radius 1 is 1.47 bits per heavy atom. The molecule has 3 nitrogen and oxygen atoms in total. The van der Waals surface area contributed by atoms with E-state index < -0.39 is 0 Å². The number of halogens is 1. The van der Waals surface area contributed by atoms with Crippen molar-refractivity contribution in [2.45, 2.75) is 32.4 Å². The van der Waals surface area contributed by atoms with Gasteiger partial charge in [0.25, 0.3) is 0 Å². The predicted octanol–water partition coefficient (Wildman–Crippen LogP) is 2.44. The molecule has 0 bridgehead atoms. The van der Waals surface area contributed by atoms with Crippen LogP contribution in [0.4, 0.5) is 5.69 Å². The first-order chi connectivity index (χ1) is 8.06. The molecule has 1 aromatic carbocycles. The lowest BCUT2D eigenvalue weighted by molar-refractivity contribution is -0.117. The van der Waals surface area contributed by atoms with Crippen molar-refractivity contribution < 1.29 is 4.79 Å². The average molecular weight is 253 g/mol. The number of anilines is 1. The van der Waals surface area contributed by atoms with Gasteiger partial charge in [0.05, 0.1) is 0 Å². The molecule has 17 heavy (non-hydrogen) atoms. The van der Waals surface area contributed by atoms with Crippen LogP contribution < -0.4 is 10.2 Å². The van der Waals surface area contributed by atoms with Crippen molar-refractivity contribution in [3.63, 3.8) is 0 Å². The van der Waals surface area contributed by atoms with Crippen LogP contribution in [-0.4, -0.2) is 24.5 Å². The lowest BCUT2D eigenvalue weighted by Crippen LogP contribution is -2.37. The highest BCUT2D eigenvalue weighted by molar-refractivity contribution is 6.30. The monoisotopic (exact) mass is 252 g/mol. The Hall–Kier alpha value is -1.06. The van der Waals surface area contributed by atoms with Crippen molar-refractivity contribution in [3.05, 3.63) is 29.3 Å². The zero-order valence-corrected chi connectivity index (χ0v) is 10.9. The summed E-state index contributed by atoms with van der Waals surface area (Å²) in [5.74, 6) is 0.158. The molecule has 0 saturated carbocycles. The smallest absolute Gasteiger partial charge is 0.228 e. The van der Waals surface area contributed by atoms with E-state index in [1.807, 2.05) is 24.3 Å². The molecule has 0 aliphatic carbocycles. The summed E-state index contributed by atoms with van der Waals surface area (Å²) in [5.41, 5.74) is 0.885. The van der Waals surface area contributed by atoms with E-state index in [2.05, 4.69) is 19.2 Å². The molecular formula is C13H17ClN2O. The van der Waals surface area contributed by atoms with Gasteiger partial charge in [-0.3, -0.25) is 4.79 Å². The Morgan fingerprint density at radius 3 is 2.88 bits per heavy atom. The number of nitrogens with zero attached hydrogens (tertiary/aromatic N) is 1. The molecule has 0 radical (unpaired) electrons. The highest BCUT2D eigenvalue weighted by Crippen LogP contribution is 2.24. The van der Waals surface area contributed by atoms with Crippen LogP contribution in [0.3, 0.4) is 0 Å². The molecule has 1 saturated heterocycles. The number of amides is 1. The van der Waals surface area contributed by atoms with Crippen LogP contribution in [0.15, 0.2) is 24.3 Å². The number of hydrogen-bond donors (Lipinski definition) is 1. The van der Waals surface area contributed by atoms with Crippen molar-refractivity contribution in [1.29, 1.82) is 0 Å². The topological polar surface area (TPSA) is 32.3 Å². The van der Waals surface area contributed by atoms with Crippen LogP contribution in [0.5, 0.6) is 0 Å². The van der Waals surface area contributed by atoms with Crippen LogP contribution in [0.25, 0.3) is 0 Å². The Balaban J connectivity index is 2.10. The molecule has 1 aliphatic heterocycles.